The van der Waals surface area contributed by atoms with Gasteiger partial charge >= 0.3 is 0 Å². The molecule has 5 heteroatoms. The van der Waals surface area contributed by atoms with Gasteiger partial charge in [-0.1, -0.05) is 0 Å². The fourth-order valence-corrected chi connectivity index (χ4v) is 1.20. The average Bonchev–Trinajstić information content (AvgIpc) is 2.34. The molecule has 0 aliphatic carbocycles. The Kier molecular flexibility index (Phi) is 3.24. The first-order valence-corrected chi connectivity index (χ1v) is 4.47. The lowest BCUT2D eigenvalue weighted by molar-refractivity contribution is -0.116. The molecule has 0 radical (unpaired) electrons. The smallest absolute Gasteiger partial charge is 0.238 e. The first-order valence-electron chi connectivity index (χ1n) is 4.47. The summed E-state index contributed by atoms with van der Waals surface area (Å²) in [6.07, 6.45) is 0. The van der Waals surface area contributed by atoms with E-state index in [-0.39, 0.29) is 5.91 Å². The number of carbonyl (C=O) groups excluding carboxylic acids is 1. The van der Waals surface area contributed by atoms with Crippen LogP contribution in [0, 0.1) is 13.8 Å². The minimum Gasteiger partial charge on any atom is -0.322 e. The second-order valence-corrected chi connectivity index (χ2v) is 3.59. The minimum absolute atomic E-state index is 0.0254. The number of likely N-dealkylation sites (N-methyl/N-ethyl adjacent to an activating group) is 1. The molecule has 1 heterocycles. The van der Waals surface area contributed by atoms with E-state index in [9.17, 15) is 4.79 Å². The standard InChI is InChI=1S/C9H16N4O/c1-6-9(7(2)12-11-6)10-8(14)5-13(3)4/h5H2,1-4H3,(H,10,14)(H,11,12). The molecule has 0 saturated heterocycles. The van der Waals surface area contributed by atoms with Gasteiger partial charge in [-0.3, -0.25) is 9.89 Å². The van der Waals surface area contributed by atoms with Gasteiger partial charge in [0, 0.05) is 0 Å². The molecule has 0 unspecified atom stereocenters. The van der Waals surface area contributed by atoms with Gasteiger partial charge in [0.05, 0.1) is 23.6 Å². The van der Waals surface area contributed by atoms with Crippen LogP contribution in [0.4, 0.5) is 5.69 Å². The summed E-state index contributed by atoms with van der Waals surface area (Å²) >= 11 is 0. The molecular formula is C9H16N4O. The van der Waals surface area contributed by atoms with Crippen LogP contribution in [0.15, 0.2) is 0 Å². The molecule has 0 spiro atoms. The van der Waals surface area contributed by atoms with E-state index < -0.39 is 0 Å². The highest BCUT2D eigenvalue weighted by Crippen LogP contribution is 2.15. The molecule has 5 nitrogen and oxygen atoms in total. The fraction of sp³-hybridized carbons (Fsp3) is 0.556. The predicted molar refractivity (Wildman–Crippen MR) is 55.2 cm³/mol. The van der Waals surface area contributed by atoms with Gasteiger partial charge in [-0.2, -0.15) is 5.10 Å². The first kappa shape index (κ1) is 10.7. The van der Waals surface area contributed by atoms with Crippen molar-refractivity contribution in [3.63, 3.8) is 0 Å². The van der Waals surface area contributed by atoms with Gasteiger partial charge in [0.25, 0.3) is 0 Å². The molecule has 0 aromatic carbocycles. The molecule has 0 aliphatic heterocycles. The fourth-order valence-electron chi connectivity index (χ4n) is 1.20. The van der Waals surface area contributed by atoms with E-state index in [1.54, 1.807) is 0 Å². The molecule has 1 amide bonds. The van der Waals surface area contributed by atoms with Crippen molar-refractivity contribution < 1.29 is 4.79 Å². The quantitative estimate of drug-likeness (QED) is 0.741. The molecule has 0 fully saturated rings. The number of rotatable bonds is 3. The number of H-pyrrole nitrogens is 1. The molecule has 14 heavy (non-hydrogen) atoms. The Balaban J connectivity index is 2.64. The number of carbonyl (C=O) groups is 1. The Morgan fingerprint density at radius 2 is 2.14 bits per heavy atom. The molecule has 1 aromatic heterocycles. The molecule has 0 atom stereocenters. The van der Waals surface area contributed by atoms with Crippen LogP contribution in [0.2, 0.25) is 0 Å². The van der Waals surface area contributed by atoms with Crippen molar-refractivity contribution in [3.8, 4) is 0 Å². The molecule has 1 rings (SSSR count). The largest absolute Gasteiger partial charge is 0.322 e. The maximum atomic E-state index is 11.4. The lowest BCUT2D eigenvalue weighted by Crippen LogP contribution is -2.27. The Bertz CT molecular complexity index is 310. The summed E-state index contributed by atoms with van der Waals surface area (Å²) in [6, 6.07) is 0. The number of hydrogen-bond donors (Lipinski definition) is 2. The van der Waals surface area contributed by atoms with Crippen LogP contribution in [0.1, 0.15) is 11.4 Å². The minimum atomic E-state index is -0.0254. The average molecular weight is 196 g/mol. The predicted octanol–water partition coefficient (Wildman–Crippen LogP) is 0.527. The van der Waals surface area contributed by atoms with Gasteiger partial charge < -0.3 is 10.2 Å². The number of nitrogens with zero attached hydrogens (tertiary/aromatic N) is 2. The second kappa shape index (κ2) is 4.23. The van der Waals surface area contributed by atoms with E-state index in [2.05, 4.69) is 15.5 Å². The molecule has 0 saturated carbocycles. The second-order valence-electron chi connectivity index (χ2n) is 3.59. The summed E-state index contributed by atoms with van der Waals surface area (Å²) in [6.45, 7) is 4.12. The van der Waals surface area contributed by atoms with E-state index in [0.29, 0.717) is 6.54 Å². The maximum Gasteiger partial charge on any atom is 0.238 e. The lowest BCUT2D eigenvalue weighted by atomic mass is 10.3. The zero-order chi connectivity index (χ0) is 10.7. The molecule has 0 bridgehead atoms. The monoisotopic (exact) mass is 196 g/mol. The van der Waals surface area contributed by atoms with Crippen molar-refractivity contribution in [1.29, 1.82) is 0 Å². The number of aromatic amines is 1. The van der Waals surface area contributed by atoms with Gasteiger partial charge in [-0.05, 0) is 27.9 Å². The molecular weight excluding hydrogens is 180 g/mol. The van der Waals surface area contributed by atoms with Crippen LogP contribution in [0.25, 0.3) is 0 Å². The normalized spacial score (nSPS) is 10.6. The van der Waals surface area contributed by atoms with Gasteiger partial charge in [0.1, 0.15) is 0 Å². The third-order valence-corrected chi connectivity index (χ3v) is 1.85. The Labute approximate surface area is 83.5 Å². The number of anilines is 1. The Morgan fingerprint density at radius 3 is 2.57 bits per heavy atom. The highest BCUT2D eigenvalue weighted by atomic mass is 16.2. The summed E-state index contributed by atoms with van der Waals surface area (Å²) in [7, 11) is 3.71. The molecule has 0 aliphatic rings. The van der Waals surface area contributed by atoms with Crippen molar-refractivity contribution in [1.82, 2.24) is 15.1 Å². The summed E-state index contributed by atoms with van der Waals surface area (Å²) < 4.78 is 0. The first-order chi connectivity index (χ1) is 6.50. The summed E-state index contributed by atoms with van der Waals surface area (Å²) in [5.41, 5.74) is 2.49. The number of nitrogens with one attached hydrogen (secondary N) is 2. The van der Waals surface area contributed by atoms with Gasteiger partial charge in [0.15, 0.2) is 0 Å². The molecule has 2 N–H and O–H groups in total. The number of hydrogen-bond acceptors (Lipinski definition) is 3. The summed E-state index contributed by atoms with van der Waals surface area (Å²) in [4.78, 5) is 13.3. The van der Waals surface area contributed by atoms with Gasteiger partial charge in [0.2, 0.25) is 5.91 Å². The lowest BCUT2D eigenvalue weighted by Gasteiger charge is -2.09. The Hall–Kier alpha value is -1.36. The SMILES string of the molecule is Cc1n[nH]c(C)c1NC(=O)CN(C)C. The summed E-state index contributed by atoms with van der Waals surface area (Å²) in [5, 5.41) is 9.63. The van der Waals surface area contributed by atoms with Crippen molar-refractivity contribution in [2.75, 3.05) is 26.0 Å². The zero-order valence-corrected chi connectivity index (χ0v) is 9.01. The zero-order valence-electron chi connectivity index (χ0n) is 9.01. The van der Waals surface area contributed by atoms with Crippen molar-refractivity contribution >= 4 is 11.6 Å². The van der Waals surface area contributed by atoms with E-state index in [4.69, 9.17) is 0 Å². The Morgan fingerprint density at radius 1 is 1.50 bits per heavy atom. The molecule has 78 valence electrons. The number of aromatic nitrogens is 2. The number of amides is 1. The van der Waals surface area contributed by atoms with Crippen LogP contribution in [0.3, 0.4) is 0 Å². The van der Waals surface area contributed by atoms with E-state index in [0.717, 1.165) is 17.1 Å². The highest BCUT2D eigenvalue weighted by Gasteiger charge is 2.10. The van der Waals surface area contributed by atoms with E-state index in [1.807, 2.05) is 32.8 Å². The van der Waals surface area contributed by atoms with Crippen molar-refractivity contribution in [2.24, 2.45) is 0 Å². The topological polar surface area (TPSA) is 61.0 Å². The third kappa shape index (κ3) is 2.56. The van der Waals surface area contributed by atoms with Crippen molar-refractivity contribution in [3.05, 3.63) is 11.4 Å². The van der Waals surface area contributed by atoms with Gasteiger partial charge in [-0.25, -0.2) is 0 Å². The molecule has 1 aromatic rings. The van der Waals surface area contributed by atoms with Crippen LogP contribution in [-0.2, 0) is 4.79 Å². The van der Waals surface area contributed by atoms with Crippen molar-refractivity contribution in [2.45, 2.75) is 13.8 Å². The maximum absolute atomic E-state index is 11.4. The summed E-state index contributed by atoms with van der Waals surface area (Å²) in [5.74, 6) is -0.0254. The van der Waals surface area contributed by atoms with E-state index in [1.165, 1.54) is 0 Å². The van der Waals surface area contributed by atoms with Crippen LogP contribution < -0.4 is 5.32 Å². The number of aryl methyl sites for hydroxylation is 2. The van der Waals surface area contributed by atoms with Gasteiger partial charge in [-0.15, -0.1) is 0 Å². The van der Waals surface area contributed by atoms with Crippen LogP contribution >= 0.6 is 0 Å². The van der Waals surface area contributed by atoms with Crippen LogP contribution in [-0.4, -0.2) is 41.6 Å². The highest BCUT2D eigenvalue weighted by molar-refractivity contribution is 5.93. The third-order valence-electron chi connectivity index (χ3n) is 1.85. The van der Waals surface area contributed by atoms with Crippen LogP contribution in [0.5, 0.6) is 0 Å². The van der Waals surface area contributed by atoms with E-state index >= 15 is 0 Å².